The quantitative estimate of drug-likeness (QED) is 0.487. The van der Waals surface area contributed by atoms with Crippen LogP contribution in [0.25, 0.3) is 11.5 Å². The molecule has 0 aliphatic rings. The third-order valence-corrected chi connectivity index (χ3v) is 4.38. The minimum atomic E-state index is 0.554. The van der Waals surface area contributed by atoms with Gasteiger partial charge in [0.15, 0.2) is 5.76 Å². The van der Waals surface area contributed by atoms with Gasteiger partial charge < -0.3 is 4.42 Å². The Kier molecular flexibility index (Phi) is 5.23. The van der Waals surface area contributed by atoms with Crippen LogP contribution in [0.15, 0.2) is 75.2 Å². The van der Waals surface area contributed by atoms with Crippen LogP contribution in [-0.2, 0) is 6.42 Å². The van der Waals surface area contributed by atoms with Crippen LogP contribution >= 0.6 is 11.3 Å². The number of aromatic nitrogens is 1. The van der Waals surface area contributed by atoms with E-state index < -0.39 is 0 Å². The Morgan fingerprint density at radius 2 is 2.08 bits per heavy atom. The van der Waals surface area contributed by atoms with Gasteiger partial charge in [0.2, 0.25) is 4.80 Å². The normalized spacial score (nSPS) is 12.1. The maximum absolute atomic E-state index is 5.51. The standard InChI is InChI=1S/C19H19N3OS/c1-3-11-20-19-22(17(14-24-19)18-6-5-12-23-18)21-13-16-9-7-15(4-2)8-10-16/h3,5-10,12-14H,1,4,11H2,2H3. The lowest BCUT2D eigenvalue weighted by Gasteiger charge is -2.01. The van der Waals surface area contributed by atoms with Gasteiger partial charge in [0.1, 0.15) is 5.69 Å². The van der Waals surface area contributed by atoms with Crippen molar-refractivity contribution in [1.29, 1.82) is 0 Å². The van der Waals surface area contributed by atoms with Gasteiger partial charge in [-0.3, -0.25) is 4.99 Å². The number of furan rings is 1. The zero-order valence-corrected chi connectivity index (χ0v) is 14.4. The van der Waals surface area contributed by atoms with Crippen molar-refractivity contribution in [3.05, 3.63) is 76.6 Å². The lowest BCUT2D eigenvalue weighted by atomic mass is 10.1. The second-order valence-electron chi connectivity index (χ2n) is 5.16. The first-order chi connectivity index (χ1) is 11.8. The number of rotatable bonds is 6. The molecule has 4 nitrogen and oxygen atoms in total. The maximum Gasteiger partial charge on any atom is 0.206 e. The molecule has 0 N–H and O–H groups in total. The van der Waals surface area contributed by atoms with Crippen molar-refractivity contribution >= 4 is 17.6 Å². The molecule has 3 rings (SSSR count). The fourth-order valence-corrected chi connectivity index (χ4v) is 3.05. The molecule has 0 aliphatic carbocycles. The summed E-state index contributed by atoms with van der Waals surface area (Å²) in [6.07, 6.45) is 6.30. The minimum Gasteiger partial charge on any atom is -0.463 e. The van der Waals surface area contributed by atoms with Crippen molar-refractivity contribution in [3.8, 4) is 11.5 Å². The molecule has 3 aromatic rings. The molecular formula is C19H19N3OS. The Bertz CT molecular complexity index is 884. The summed E-state index contributed by atoms with van der Waals surface area (Å²) >= 11 is 1.53. The predicted molar refractivity (Wildman–Crippen MR) is 99.5 cm³/mol. The molecule has 0 saturated heterocycles. The van der Waals surface area contributed by atoms with Gasteiger partial charge in [-0.15, -0.1) is 17.9 Å². The minimum absolute atomic E-state index is 0.554. The molecule has 2 heterocycles. The first-order valence-corrected chi connectivity index (χ1v) is 8.69. The van der Waals surface area contributed by atoms with E-state index in [1.807, 2.05) is 23.7 Å². The summed E-state index contributed by atoms with van der Waals surface area (Å²) in [5.74, 6) is 0.768. The molecule has 0 atom stereocenters. The van der Waals surface area contributed by atoms with Crippen molar-refractivity contribution in [1.82, 2.24) is 4.68 Å². The van der Waals surface area contributed by atoms with E-state index in [-0.39, 0.29) is 0 Å². The van der Waals surface area contributed by atoms with Crippen molar-refractivity contribution in [2.45, 2.75) is 13.3 Å². The third kappa shape index (κ3) is 3.63. The van der Waals surface area contributed by atoms with Gasteiger partial charge in [0.25, 0.3) is 0 Å². The highest BCUT2D eigenvalue weighted by molar-refractivity contribution is 7.07. The Labute approximate surface area is 145 Å². The van der Waals surface area contributed by atoms with Crippen LogP contribution in [0.5, 0.6) is 0 Å². The number of benzene rings is 1. The molecule has 122 valence electrons. The fourth-order valence-electron chi connectivity index (χ4n) is 2.22. The average molecular weight is 337 g/mol. The SMILES string of the molecule is C=CCN=c1scc(-c2ccco2)n1N=Cc1ccc(CC)cc1. The van der Waals surface area contributed by atoms with E-state index in [9.17, 15) is 0 Å². The summed E-state index contributed by atoms with van der Waals surface area (Å²) in [5, 5.41) is 6.61. The van der Waals surface area contributed by atoms with Crippen LogP contribution in [0.4, 0.5) is 0 Å². The largest absolute Gasteiger partial charge is 0.463 e. The van der Waals surface area contributed by atoms with Gasteiger partial charge >= 0.3 is 0 Å². The number of nitrogens with zero attached hydrogens (tertiary/aromatic N) is 3. The Balaban J connectivity index is 1.99. The van der Waals surface area contributed by atoms with Crippen LogP contribution in [-0.4, -0.2) is 17.4 Å². The van der Waals surface area contributed by atoms with Crippen molar-refractivity contribution < 1.29 is 4.42 Å². The smallest absolute Gasteiger partial charge is 0.206 e. The predicted octanol–water partition coefficient (Wildman–Crippen LogP) is 4.34. The zero-order chi connectivity index (χ0) is 16.8. The van der Waals surface area contributed by atoms with E-state index in [2.05, 4.69) is 47.9 Å². The molecule has 0 aliphatic heterocycles. The summed E-state index contributed by atoms with van der Waals surface area (Å²) in [4.78, 5) is 5.31. The first-order valence-electron chi connectivity index (χ1n) is 7.81. The molecule has 2 aromatic heterocycles. The second kappa shape index (κ2) is 7.75. The van der Waals surface area contributed by atoms with Crippen LogP contribution < -0.4 is 4.80 Å². The molecule has 1 aromatic carbocycles. The Morgan fingerprint density at radius 1 is 1.25 bits per heavy atom. The summed E-state index contributed by atoms with van der Waals surface area (Å²) in [6, 6.07) is 12.2. The van der Waals surface area contributed by atoms with E-state index >= 15 is 0 Å². The lowest BCUT2D eigenvalue weighted by molar-refractivity contribution is 0.575. The third-order valence-electron chi connectivity index (χ3n) is 3.52. The number of thiazole rings is 1. The number of aryl methyl sites for hydroxylation is 1. The fraction of sp³-hybridized carbons (Fsp3) is 0.158. The van der Waals surface area contributed by atoms with Gasteiger partial charge in [0, 0.05) is 5.38 Å². The molecule has 0 spiro atoms. The van der Waals surface area contributed by atoms with Gasteiger partial charge in [-0.1, -0.05) is 37.3 Å². The van der Waals surface area contributed by atoms with Crippen molar-refractivity contribution in [2.24, 2.45) is 10.1 Å². The summed E-state index contributed by atoms with van der Waals surface area (Å²) in [7, 11) is 0. The Morgan fingerprint density at radius 3 is 2.75 bits per heavy atom. The van der Waals surface area contributed by atoms with E-state index in [0.717, 1.165) is 28.2 Å². The Hall–Kier alpha value is -2.66. The molecular weight excluding hydrogens is 318 g/mol. The van der Waals surface area contributed by atoms with Crippen molar-refractivity contribution in [3.63, 3.8) is 0 Å². The molecule has 0 unspecified atom stereocenters. The van der Waals surface area contributed by atoms with E-state index in [4.69, 9.17) is 4.42 Å². The lowest BCUT2D eigenvalue weighted by Crippen LogP contribution is -2.12. The molecule has 0 amide bonds. The summed E-state index contributed by atoms with van der Waals surface area (Å²) in [6.45, 7) is 6.42. The maximum atomic E-state index is 5.51. The van der Waals surface area contributed by atoms with Crippen LogP contribution in [0.1, 0.15) is 18.1 Å². The summed E-state index contributed by atoms with van der Waals surface area (Å²) in [5.41, 5.74) is 3.24. The zero-order valence-electron chi connectivity index (χ0n) is 13.6. The number of hydrogen-bond acceptors (Lipinski definition) is 4. The molecule has 24 heavy (non-hydrogen) atoms. The monoisotopic (exact) mass is 337 g/mol. The number of hydrogen-bond donors (Lipinski definition) is 0. The molecule has 5 heteroatoms. The van der Waals surface area contributed by atoms with Crippen LogP contribution in [0.2, 0.25) is 0 Å². The van der Waals surface area contributed by atoms with Crippen molar-refractivity contribution in [2.75, 3.05) is 6.54 Å². The van der Waals surface area contributed by atoms with Gasteiger partial charge in [-0.25, -0.2) is 4.68 Å². The van der Waals surface area contributed by atoms with Gasteiger partial charge in [-0.2, -0.15) is 5.10 Å². The second-order valence-corrected chi connectivity index (χ2v) is 6.00. The molecule has 0 saturated carbocycles. The highest BCUT2D eigenvalue weighted by Crippen LogP contribution is 2.20. The molecule has 0 bridgehead atoms. The average Bonchev–Trinajstić information content (AvgIpc) is 3.28. The van der Waals surface area contributed by atoms with Gasteiger partial charge in [-0.05, 0) is 29.7 Å². The molecule has 0 radical (unpaired) electrons. The van der Waals surface area contributed by atoms with Crippen LogP contribution in [0, 0.1) is 0 Å². The molecule has 0 fully saturated rings. The van der Waals surface area contributed by atoms with Crippen LogP contribution in [0.3, 0.4) is 0 Å². The first kappa shape index (κ1) is 16.2. The topological polar surface area (TPSA) is 42.8 Å². The van der Waals surface area contributed by atoms with E-state index in [0.29, 0.717) is 6.54 Å². The highest BCUT2D eigenvalue weighted by atomic mass is 32.1. The van der Waals surface area contributed by atoms with Gasteiger partial charge in [0.05, 0.1) is 19.0 Å². The van der Waals surface area contributed by atoms with E-state index in [1.165, 1.54) is 16.9 Å². The van der Waals surface area contributed by atoms with E-state index in [1.54, 1.807) is 17.0 Å². The highest BCUT2D eigenvalue weighted by Gasteiger charge is 2.09. The summed E-state index contributed by atoms with van der Waals surface area (Å²) < 4.78 is 7.32.